The quantitative estimate of drug-likeness (QED) is 0.642. The molecule has 0 aliphatic heterocycles. The Morgan fingerprint density at radius 1 is 1.21 bits per heavy atom. The molecule has 0 fully saturated rings. The number of rotatable bonds is 5. The number of nitriles is 1. The Morgan fingerprint density at radius 3 is 2.69 bits per heavy atom. The number of halogens is 1. The normalized spacial score (nSPS) is 10.3. The fourth-order valence-corrected chi connectivity index (χ4v) is 2.89. The van der Waals surface area contributed by atoms with E-state index in [2.05, 4.69) is 10.3 Å². The third kappa shape index (κ3) is 4.62. The average Bonchev–Trinajstić information content (AvgIpc) is 2.71. The second-order valence-corrected chi connectivity index (χ2v) is 6.52. The van der Waals surface area contributed by atoms with Crippen molar-refractivity contribution < 1.29 is 19.1 Å². The van der Waals surface area contributed by atoms with Gasteiger partial charge in [-0.05, 0) is 43.3 Å². The Balaban J connectivity index is 1.67. The van der Waals surface area contributed by atoms with E-state index in [-0.39, 0.29) is 10.6 Å². The summed E-state index contributed by atoms with van der Waals surface area (Å²) in [6.45, 7) is 1.21. The van der Waals surface area contributed by atoms with Crippen LogP contribution in [-0.2, 0) is 9.53 Å². The summed E-state index contributed by atoms with van der Waals surface area (Å²) in [4.78, 5) is 28.9. The number of methoxy groups -OCH3 is 1. The summed E-state index contributed by atoms with van der Waals surface area (Å²) in [7, 11) is 1.57. The summed E-state index contributed by atoms with van der Waals surface area (Å²) in [6, 6.07) is 13.4. The molecule has 0 atom stereocenters. The van der Waals surface area contributed by atoms with Gasteiger partial charge in [-0.1, -0.05) is 11.6 Å². The lowest BCUT2D eigenvalue weighted by molar-refractivity contribution is -0.119. The number of nitrogens with one attached hydrogen (secondary N) is 1. The van der Waals surface area contributed by atoms with Gasteiger partial charge in [0, 0.05) is 17.1 Å². The fraction of sp³-hybridized carbons (Fsp3) is 0.143. The van der Waals surface area contributed by atoms with Gasteiger partial charge in [0.1, 0.15) is 11.8 Å². The van der Waals surface area contributed by atoms with Crippen LogP contribution in [0.4, 0.5) is 5.69 Å². The first-order chi connectivity index (χ1) is 13.9. The number of carbonyl (C=O) groups is 2. The van der Waals surface area contributed by atoms with E-state index in [4.69, 9.17) is 26.3 Å². The van der Waals surface area contributed by atoms with E-state index in [1.807, 2.05) is 6.07 Å². The smallest absolute Gasteiger partial charge is 0.340 e. The van der Waals surface area contributed by atoms with Crippen molar-refractivity contribution in [3.8, 4) is 11.8 Å². The molecule has 0 unspecified atom stereocenters. The predicted octanol–water partition coefficient (Wildman–Crippen LogP) is 3.87. The Hall–Kier alpha value is -3.63. The van der Waals surface area contributed by atoms with Gasteiger partial charge in [-0.25, -0.2) is 4.79 Å². The van der Waals surface area contributed by atoms with E-state index in [0.29, 0.717) is 28.2 Å². The number of hydrogen-bond acceptors (Lipinski definition) is 6. The highest BCUT2D eigenvalue weighted by Crippen LogP contribution is 2.22. The van der Waals surface area contributed by atoms with Crippen LogP contribution >= 0.6 is 11.6 Å². The van der Waals surface area contributed by atoms with Crippen LogP contribution in [0, 0.1) is 18.3 Å². The molecule has 0 aliphatic carbocycles. The van der Waals surface area contributed by atoms with Crippen molar-refractivity contribution in [3.63, 3.8) is 0 Å². The summed E-state index contributed by atoms with van der Waals surface area (Å²) in [6.07, 6.45) is 0. The van der Waals surface area contributed by atoms with Gasteiger partial charge in [0.2, 0.25) is 0 Å². The molecule has 1 N–H and O–H groups in total. The molecule has 0 aliphatic rings. The van der Waals surface area contributed by atoms with Crippen molar-refractivity contribution in [2.75, 3.05) is 19.0 Å². The maximum Gasteiger partial charge on any atom is 0.340 e. The summed E-state index contributed by atoms with van der Waals surface area (Å²) in [5, 5.41) is 12.4. The van der Waals surface area contributed by atoms with Crippen molar-refractivity contribution in [2.45, 2.75) is 6.92 Å². The van der Waals surface area contributed by atoms with Crippen LogP contribution in [0.5, 0.6) is 5.75 Å². The van der Waals surface area contributed by atoms with Crippen LogP contribution in [0.25, 0.3) is 10.9 Å². The number of amides is 1. The van der Waals surface area contributed by atoms with E-state index in [0.717, 1.165) is 5.39 Å². The number of aromatic nitrogens is 1. The zero-order chi connectivity index (χ0) is 21.0. The van der Waals surface area contributed by atoms with Crippen molar-refractivity contribution in [1.82, 2.24) is 4.98 Å². The number of benzene rings is 2. The highest BCUT2D eigenvalue weighted by molar-refractivity contribution is 6.32. The standard InChI is InChI=1S/C21H16ClN3O4/c1-12-17(7-13-4-6-16(28-2)9-19(13)24-12)21(27)29-11-20(26)25-15-5-3-14(10-23)18(22)8-15/h3-9H,11H2,1-2H3,(H,25,26). The number of pyridine rings is 1. The molecule has 0 bridgehead atoms. The Kier molecular flexibility index (Phi) is 5.96. The molecule has 0 spiro atoms. The maximum absolute atomic E-state index is 12.4. The number of nitrogens with zero attached hydrogens (tertiary/aromatic N) is 2. The monoisotopic (exact) mass is 409 g/mol. The second kappa shape index (κ2) is 8.59. The molecule has 8 heteroatoms. The molecule has 0 saturated heterocycles. The lowest BCUT2D eigenvalue weighted by Gasteiger charge is -2.10. The third-order valence-electron chi connectivity index (χ3n) is 4.14. The van der Waals surface area contributed by atoms with Gasteiger partial charge in [0.25, 0.3) is 5.91 Å². The predicted molar refractivity (Wildman–Crippen MR) is 108 cm³/mol. The molecular weight excluding hydrogens is 394 g/mol. The molecule has 3 rings (SSSR count). The molecule has 7 nitrogen and oxygen atoms in total. The van der Waals surface area contributed by atoms with Crippen molar-refractivity contribution >= 4 is 40.1 Å². The van der Waals surface area contributed by atoms with E-state index < -0.39 is 18.5 Å². The van der Waals surface area contributed by atoms with Crippen molar-refractivity contribution in [3.05, 3.63) is 64.3 Å². The van der Waals surface area contributed by atoms with Gasteiger partial charge >= 0.3 is 5.97 Å². The van der Waals surface area contributed by atoms with Crippen LogP contribution in [0.15, 0.2) is 42.5 Å². The number of aryl methyl sites for hydroxylation is 1. The largest absolute Gasteiger partial charge is 0.497 e. The molecular formula is C21H16ClN3O4. The zero-order valence-electron chi connectivity index (χ0n) is 15.7. The molecule has 29 heavy (non-hydrogen) atoms. The molecule has 3 aromatic rings. The molecule has 1 heterocycles. The molecule has 146 valence electrons. The molecule has 1 amide bonds. The summed E-state index contributed by atoms with van der Waals surface area (Å²) < 4.78 is 10.3. The number of esters is 1. The van der Waals surface area contributed by atoms with E-state index in [9.17, 15) is 9.59 Å². The molecule has 1 aromatic heterocycles. The molecule has 0 radical (unpaired) electrons. The number of hydrogen-bond donors (Lipinski definition) is 1. The zero-order valence-corrected chi connectivity index (χ0v) is 16.4. The average molecular weight is 410 g/mol. The minimum atomic E-state index is -0.652. The minimum Gasteiger partial charge on any atom is -0.497 e. The number of ether oxygens (including phenoxy) is 2. The Labute approximate surface area is 171 Å². The highest BCUT2D eigenvalue weighted by atomic mass is 35.5. The summed E-state index contributed by atoms with van der Waals surface area (Å²) in [5.41, 5.74) is 2.14. The van der Waals surface area contributed by atoms with Gasteiger partial charge in [0.05, 0.1) is 34.5 Å². The maximum atomic E-state index is 12.4. The van der Waals surface area contributed by atoms with Gasteiger partial charge in [-0.15, -0.1) is 0 Å². The van der Waals surface area contributed by atoms with Crippen molar-refractivity contribution in [2.24, 2.45) is 0 Å². The van der Waals surface area contributed by atoms with Crippen LogP contribution in [0.3, 0.4) is 0 Å². The minimum absolute atomic E-state index is 0.219. The van der Waals surface area contributed by atoms with E-state index in [1.165, 1.54) is 18.2 Å². The van der Waals surface area contributed by atoms with Crippen molar-refractivity contribution in [1.29, 1.82) is 5.26 Å². The molecule has 2 aromatic carbocycles. The number of carbonyl (C=O) groups excluding carboxylic acids is 2. The van der Waals surface area contributed by atoms with E-state index >= 15 is 0 Å². The summed E-state index contributed by atoms with van der Waals surface area (Å²) in [5.74, 6) is -0.518. The first kappa shape index (κ1) is 20.1. The number of anilines is 1. The van der Waals surface area contributed by atoms with E-state index in [1.54, 1.807) is 38.3 Å². The van der Waals surface area contributed by atoms with Gasteiger partial charge in [-0.3, -0.25) is 9.78 Å². The topological polar surface area (TPSA) is 101 Å². The van der Waals surface area contributed by atoms with Gasteiger partial charge < -0.3 is 14.8 Å². The third-order valence-corrected chi connectivity index (χ3v) is 4.46. The Morgan fingerprint density at radius 2 is 2.00 bits per heavy atom. The van der Waals surface area contributed by atoms with Gasteiger partial charge in [0.15, 0.2) is 6.61 Å². The SMILES string of the molecule is COc1ccc2cc(C(=O)OCC(=O)Nc3ccc(C#N)c(Cl)c3)c(C)nc2c1. The van der Waals surface area contributed by atoms with Crippen LogP contribution < -0.4 is 10.1 Å². The fourth-order valence-electron chi connectivity index (χ4n) is 2.67. The summed E-state index contributed by atoms with van der Waals surface area (Å²) >= 11 is 5.93. The highest BCUT2D eigenvalue weighted by Gasteiger charge is 2.15. The number of fused-ring (bicyclic) bond motifs is 1. The second-order valence-electron chi connectivity index (χ2n) is 6.11. The lowest BCUT2D eigenvalue weighted by Crippen LogP contribution is -2.21. The first-order valence-corrected chi connectivity index (χ1v) is 8.91. The Bertz CT molecular complexity index is 1150. The lowest BCUT2D eigenvalue weighted by atomic mass is 10.1. The molecule has 0 saturated carbocycles. The van der Waals surface area contributed by atoms with Crippen LogP contribution in [0.1, 0.15) is 21.6 Å². The van der Waals surface area contributed by atoms with Crippen LogP contribution in [0.2, 0.25) is 5.02 Å². The van der Waals surface area contributed by atoms with Crippen LogP contribution in [-0.4, -0.2) is 30.6 Å². The first-order valence-electron chi connectivity index (χ1n) is 8.53. The van der Waals surface area contributed by atoms with Gasteiger partial charge in [-0.2, -0.15) is 5.26 Å².